The molecule has 0 radical (unpaired) electrons. The van der Waals surface area contributed by atoms with Crippen LogP contribution in [0, 0.1) is 5.82 Å². The maximum absolute atomic E-state index is 13.0. The minimum Gasteiger partial charge on any atom is -0.378 e. The van der Waals surface area contributed by atoms with Crippen LogP contribution in [0.2, 0.25) is 0 Å². The first-order valence-electron chi connectivity index (χ1n) is 9.94. The highest BCUT2D eigenvalue weighted by Crippen LogP contribution is 2.36. The molecule has 2 aliphatic rings. The van der Waals surface area contributed by atoms with Crippen molar-refractivity contribution < 1.29 is 18.7 Å². The minimum absolute atomic E-state index is 0.0725. The fourth-order valence-electron chi connectivity index (χ4n) is 4.30. The number of nitrogens with one attached hydrogen (secondary N) is 1. The quantitative estimate of drug-likeness (QED) is 0.780. The van der Waals surface area contributed by atoms with Gasteiger partial charge in [-0.1, -0.05) is 12.1 Å². The highest BCUT2D eigenvalue weighted by atomic mass is 32.1. The summed E-state index contributed by atoms with van der Waals surface area (Å²) in [6.07, 6.45) is 5.40. The molecule has 2 aromatic rings. The Kier molecular flexibility index (Phi) is 6.24. The van der Waals surface area contributed by atoms with Crippen LogP contribution < -0.4 is 5.32 Å². The molecule has 8 heteroatoms. The number of amides is 1. The van der Waals surface area contributed by atoms with Crippen LogP contribution in [0.15, 0.2) is 30.5 Å². The standard InChI is InChI=1S/C21H26FN3O3S/c1-27-18-7-9-25(14-21(18)8-2-10-28-21)13-19(26)24-20-23-12-17(29-20)11-15-3-5-16(22)6-4-15/h3-6,12,18H,2,7-11,13-14H2,1H3,(H,23,24,26). The van der Waals surface area contributed by atoms with E-state index in [-0.39, 0.29) is 23.4 Å². The van der Waals surface area contributed by atoms with Gasteiger partial charge in [0.1, 0.15) is 11.4 Å². The molecule has 1 N–H and O–H groups in total. The van der Waals surface area contributed by atoms with Crippen molar-refractivity contribution in [3.63, 3.8) is 0 Å². The molecule has 156 valence electrons. The predicted molar refractivity (Wildman–Crippen MR) is 110 cm³/mol. The van der Waals surface area contributed by atoms with Crippen LogP contribution in [-0.2, 0) is 20.7 Å². The predicted octanol–water partition coefficient (Wildman–Crippen LogP) is 3.08. The molecule has 1 aromatic heterocycles. The molecule has 2 saturated heterocycles. The van der Waals surface area contributed by atoms with Gasteiger partial charge in [-0.15, -0.1) is 11.3 Å². The molecule has 0 aliphatic carbocycles. The third-order valence-corrected chi connectivity index (χ3v) is 6.58. The number of benzene rings is 1. The fraction of sp³-hybridized carbons (Fsp3) is 0.524. The first kappa shape index (κ1) is 20.4. The van der Waals surface area contributed by atoms with E-state index >= 15 is 0 Å². The fourth-order valence-corrected chi connectivity index (χ4v) is 5.16. The zero-order chi connectivity index (χ0) is 20.3. The van der Waals surface area contributed by atoms with Gasteiger partial charge in [0.05, 0.1) is 12.6 Å². The van der Waals surface area contributed by atoms with E-state index in [9.17, 15) is 9.18 Å². The highest BCUT2D eigenvalue weighted by molar-refractivity contribution is 7.15. The zero-order valence-electron chi connectivity index (χ0n) is 16.5. The van der Waals surface area contributed by atoms with Gasteiger partial charge < -0.3 is 14.8 Å². The van der Waals surface area contributed by atoms with Crippen LogP contribution in [0.4, 0.5) is 9.52 Å². The number of methoxy groups -OCH3 is 1. The Morgan fingerprint density at radius 2 is 2.28 bits per heavy atom. The lowest BCUT2D eigenvalue weighted by atomic mass is 9.87. The highest BCUT2D eigenvalue weighted by Gasteiger charge is 2.47. The summed E-state index contributed by atoms with van der Waals surface area (Å²) in [6, 6.07) is 6.43. The van der Waals surface area contributed by atoms with Crippen molar-refractivity contribution in [2.75, 3.05) is 38.7 Å². The number of halogens is 1. The molecule has 2 unspecified atom stereocenters. The van der Waals surface area contributed by atoms with Gasteiger partial charge >= 0.3 is 0 Å². The SMILES string of the molecule is COC1CCN(CC(=O)Nc2ncc(Cc3ccc(F)cc3)s2)CC12CCCO2. The van der Waals surface area contributed by atoms with E-state index in [1.54, 1.807) is 25.4 Å². The molecular weight excluding hydrogens is 393 g/mol. The number of carbonyl (C=O) groups excluding carboxylic acids is 1. The molecular formula is C21H26FN3O3S. The molecule has 0 bridgehead atoms. The summed E-state index contributed by atoms with van der Waals surface area (Å²) < 4.78 is 24.7. The van der Waals surface area contributed by atoms with E-state index < -0.39 is 0 Å². The smallest absolute Gasteiger partial charge is 0.240 e. The van der Waals surface area contributed by atoms with Crippen LogP contribution >= 0.6 is 11.3 Å². The van der Waals surface area contributed by atoms with Crippen molar-refractivity contribution in [1.82, 2.24) is 9.88 Å². The number of anilines is 1. The van der Waals surface area contributed by atoms with Gasteiger partial charge in [0.25, 0.3) is 0 Å². The summed E-state index contributed by atoms with van der Waals surface area (Å²) in [4.78, 5) is 20.0. The van der Waals surface area contributed by atoms with Crippen LogP contribution in [0.25, 0.3) is 0 Å². The maximum atomic E-state index is 13.0. The summed E-state index contributed by atoms with van der Waals surface area (Å²) in [6.45, 7) is 2.60. The molecule has 1 aromatic carbocycles. The molecule has 1 amide bonds. The van der Waals surface area contributed by atoms with Crippen molar-refractivity contribution in [2.24, 2.45) is 0 Å². The second-order valence-electron chi connectivity index (χ2n) is 7.72. The van der Waals surface area contributed by atoms with E-state index in [4.69, 9.17) is 9.47 Å². The molecule has 3 heterocycles. The Labute approximate surface area is 174 Å². The minimum atomic E-state index is -0.281. The Morgan fingerprint density at radius 1 is 1.45 bits per heavy atom. The number of thiazole rings is 1. The van der Waals surface area contributed by atoms with Gasteiger partial charge in [-0.2, -0.15) is 0 Å². The van der Waals surface area contributed by atoms with Crippen molar-refractivity contribution in [3.8, 4) is 0 Å². The maximum Gasteiger partial charge on any atom is 0.240 e. The molecule has 29 heavy (non-hydrogen) atoms. The number of piperidine rings is 1. The molecule has 2 aliphatic heterocycles. The third-order valence-electron chi connectivity index (χ3n) is 5.66. The first-order valence-corrected chi connectivity index (χ1v) is 10.8. The van der Waals surface area contributed by atoms with Gasteiger partial charge in [-0.25, -0.2) is 9.37 Å². The lowest BCUT2D eigenvalue weighted by Gasteiger charge is -2.44. The first-order chi connectivity index (χ1) is 14.1. The summed E-state index contributed by atoms with van der Waals surface area (Å²) in [5.41, 5.74) is 0.729. The van der Waals surface area contributed by atoms with Crippen molar-refractivity contribution in [2.45, 2.75) is 37.4 Å². The van der Waals surface area contributed by atoms with Gasteiger partial charge in [-0.3, -0.25) is 9.69 Å². The molecule has 1 spiro atoms. The number of rotatable bonds is 6. The molecule has 2 atom stereocenters. The second kappa shape index (κ2) is 8.87. The Morgan fingerprint density at radius 3 is 3.00 bits per heavy atom. The largest absolute Gasteiger partial charge is 0.378 e. The van der Waals surface area contributed by atoms with Gasteiger partial charge in [0, 0.05) is 44.3 Å². The average Bonchev–Trinajstić information content (AvgIpc) is 3.34. The summed E-state index contributed by atoms with van der Waals surface area (Å²) >= 11 is 1.45. The van der Waals surface area contributed by atoms with E-state index in [0.29, 0.717) is 24.6 Å². The molecule has 6 nitrogen and oxygen atoms in total. The Balaban J connectivity index is 1.31. The summed E-state index contributed by atoms with van der Waals surface area (Å²) in [5, 5.41) is 3.49. The van der Waals surface area contributed by atoms with E-state index in [1.165, 1.54) is 23.5 Å². The van der Waals surface area contributed by atoms with Crippen LogP contribution in [0.3, 0.4) is 0 Å². The lowest BCUT2D eigenvalue weighted by molar-refractivity contribution is -0.146. The third kappa shape index (κ3) is 4.83. The Hall–Kier alpha value is -1.87. The average molecular weight is 420 g/mol. The van der Waals surface area contributed by atoms with Gasteiger partial charge in [0.15, 0.2) is 5.13 Å². The molecule has 4 rings (SSSR count). The normalized spacial score (nSPS) is 24.8. The van der Waals surface area contributed by atoms with Gasteiger partial charge in [-0.05, 0) is 37.0 Å². The van der Waals surface area contributed by atoms with E-state index in [1.807, 2.05) is 0 Å². The number of likely N-dealkylation sites (tertiary alicyclic amines) is 1. The summed E-state index contributed by atoms with van der Waals surface area (Å²) in [7, 11) is 1.74. The van der Waals surface area contributed by atoms with Crippen molar-refractivity contribution in [1.29, 1.82) is 0 Å². The van der Waals surface area contributed by atoms with Crippen LogP contribution in [-0.4, -0.2) is 60.8 Å². The zero-order valence-corrected chi connectivity index (χ0v) is 17.3. The van der Waals surface area contributed by atoms with Crippen molar-refractivity contribution in [3.05, 3.63) is 46.7 Å². The summed E-state index contributed by atoms with van der Waals surface area (Å²) in [5.74, 6) is -0.318. The van der Waals surface area contributed by atoms with E-state index in [0.717, 1.165) is 42.9 Å². The Bertz CT molecular complexity index is 836. The topological polar surface area (TPSA) is 63.7 Å². The number of ether oxygens (including phenoxy) is 2. The number of aromatic nitrogens is 1. The number of nitrogens with zero attached hydrogens (tertiary/aromatic N) is 2. The lowest BCUT2D eigenvalue weighted by Crippen LogP contribution is -2.58. The van der Waals surface area contributed by atoms with Gasteiger partial charge in [0.2, 0.25) is 5.91 Å². The van der Waals surface area contributed by atoms with Crippen molar-refractivity contribution >= 4 is 22.4 Å². The van der Waals surface area contributed by atoms with Crippen LogP contribution in [0.5, 0.6) is 0 Å². The number of carbonyl (C=O) groups is 1. The molecule has 2 fully saturated rings. The number of hydrogen-bond acceptors (Lipinski definition) is 6. The molecule has 0 saturated carbocycles. The van der Waals surface area contributed by atoms with Crippen LogP contribution in [0.1, 0.15) is 29.7 Å². The monoisotopic (exact) mass is 419 g/mol. The second-order valence-corrected chi connectivity index (χ2v) is 8.84. The number of hydrogen-bond donors (Lipinski definition) is 1. The van der Waals surface area contributed by atoms with E-state index in [2.05, 4.69) is 15.2 Å².